The van der Waals surface area contributed by atoms with Gasteiger partial charge in [-0.1, -0.05) is 6.07 Å². The molecule has 3 nitrogen and oxygen atoms in total. The van der Waals surface area contributed by atoms with Crippen LogP contribution in [-0.4, -0.2) is 0 Å². The van der Waals surface area contributed by atoms with E-state index in [-0.39, 0.29) is 5.03 Å². The predicted molar refractivity (Wildman–Crippen MR) is 48.6 cm³/mol. The smallest absolute Gasteiger partial charge is 0.318 e. The first-order chi connectivity index (χ1) is 5.75. The second kappa shape index (κ2) is 3.79. The van der Waals surface area contributed by atoms with Gasteiger partial charge in [0.1, 0.15) is 5.03 Å². The molecule has 0 saturated heterocycles. The summed E-state index contributed by atoms with van der Waals surface area (Å²) < 4.78 is 1.61. The van der Waals surface area contributed by atoms with Crippen molar-refractivity contribution in [3.05, 3.63) is 35.6 Å². The third-order valence-corrected chi connectivity index (χ3v) is 1.53. The Morgan fingerprint density at radius 3 is 2.33 bits per heavy atom. The van der Waals surface area contributed by atoms with E-state index in [1.165, 1.54) is 0 Å². The van der Waals surface area contributed by atoms with Crippen LogP contribution in [0.4, 0.5) is 0 Å². The molecular formula is C8H8N3S+. The molecule has 0 fully saturated rings. The lowest BCUT2D eigenvalue weighted by atomic mass is 10.4. The van der Waals surface area contributed by atoms with Gasteiger partial charge in [-0.15, -0.1) is 12.6 Å². The molecule has 0 aromatic carbocycles. The third kappa shape index (κ3) is 1.77. The van der Waals surface area contributed by atoms with Gasteiger partial charge in [0.15, 0.2) is 18.5 Å². The molecule has 0 aliphatic heterocycles. The van der Waals surface area contributed by atoms with Gasteiger partial charge in [0.25, 0.3) is 0 Å². The zero-order valence-electron chi connectivity index (χ0n) is 6.31. The van der Waals surface area contributed by atoms with Gasteiger partial charge in [-0.05, 0) is 0 Å². The fraction of sp³-hybridized carbons (Fsp3) is 0. The Kier molecular flexibility index (Phi) is 2.72. The number of rotatable bonds is 1. The molecule has 0 bridgehead atoms. The van der Waals surface area contributed by atoms with E-state index in [0.717, 1.165) is 0 Å². The topological polar surface area (TPSA) is 53.7 Å². The summed E-state index contributed by atoms with van der Waals surface area (Å²) in [6.45, 7) is 0. The van der Waals surface area contributed by atoms with E-state index < -0.39 is 0 Å². The second-order valence-corrected chi connectivity index (χ2v) is 2.61. The molecule has 0 saturated carbocycles. The summed E-state index contributed by atoms with van der Waals surface area (Å²) in [5.41, 5.74) is 5.71. The largest absolute Gasteiger partial charge is 0.388 e. The lowest BCUT2D eigenvalue weighted by Gasteiger charge is -1.91. The number of nitrogens with two attached hydrogens (primary N) is 1. The Balaban J connectivity index is 3.17. The van der Waals surface area contributed by atoms with Gasteiger partial charge in [0.2, 0.25) is 0 Å². The Labute approximate surface area is 76.2 Å². The summed E-state index contributed by atoms with van der Waals surface area (Å²) in [5.74, 6) is 0. The Bertz CT molecular complexity index is 333. The van der Waals surface area contributed by atoms with Crippen molar-refractivity contribution in [3.63, 3.8) is 0 Å². The standard InChI is InChI=1S/C8H7N3S/c9-6-7(8(10)12)11-4-2-1-3-5-11/h1-5H,10H2/p+1. The van der Waals surface area contributed by atoms with Crippen LogP contribution in [-0.2, 0) is 0 Å². The maximum atomic E-state index is 8.69. The van der Waals surface area contributed by atoms with Crippen LogP contribution in [0.1, 0.15) is 0 Å². The van der Waals surface area contributed by atoms with Crippen LogP contribution < -0.4 is 10.3 Å². The number of nitriles is 1. The summed E-state index contributed by atoms with van der Waals surface area (Å²) in [4.78, 5) is 0. The molecule has 0 atom stereocenters. The Morgan fingerprint density at radius 2 is 1.92 bits per heavy atom. The van der Waals surface area contributed by atoms with Crippen molar-refractivity contribution in [2.75, 3.05) is 0 Å². The van der Waals surface area contributed by atoms with E-state index in [1.54, 1.807) is 17.0 Å². The van der Waals surface area contributed by atoms with Crippen molar-refractivity contribution in [2.24, 2.45) is 5.73 Å². The van der Waals surface area contributed by atoms with Crippen LogP contribution >= 0.6 is 12.6 Å². The van der Waals surface area contributed by atoms with Gasteiger partial charge >= 0.3 is 5.70 Å². The van der Waals surface area contributed by atoms with E-state index in [0.29, 0.717) is 5.70 Å². The van der Waals surface area contributed by atoms with Crippen molar-refractivity contribution < 1.29 is 4.57 Å². The number of allylic oxidation sites excluding steroid dienone is 1. The van der Waals surface area contributed by atoms with Crippen LogP contribution in [0.15, 0.2) is 35.6 Å². The molecule has 0 amide bonds. The minimum absolute atomic E-state index is 0.216. The lowest BCUT2D eigenvalue weighted by Crippen LogP contribution is -2.31. The average molecular weight is 178 g/mol. The van der Waals surface area contributed by atoms with E-state index in [2.05, 4.69) is 12.6 Å². The highest BCUT2D eigenvalue weighted by molar-refractivity contribution is 7.84. The molecule has 2 N–H and O–H groups in total. The highest BCUT2D eigenvalue weighted by Crippen LogP contribution is 1.99. The van der Waals surface area contributed by atoms with Gasteiger partial charge in [0, 0.05) is 12.1 Å². The van der Waals surface area contributed by atoms with E-state index in [1.807, 2.05) is 24.3 Å². The molecule has 0 spiro atoms. The monoisotopic (exact) mass is 178 g/mol. The zero-order valence-corrected chi connectivity index (χ0v) is 7.20. The summed E-state index contributed by atoms with van der Waals surface area (Å²) in [6.07, 6.45) is 3.48. The molecule has 0 aliphatic rings. The molecule has 0 unspecified atom stereocenters. The first kappa shape index (κ1) is 8.62. The molecule has 1 heterocycles. The number of aromatic nitrogens is 1. The predicted octanol–water partition coefficient (Wildman–Crippen LogP) is 0.512. The maximum Gasteiger partial charge on any atom is 0.318 e. The van der Waals surface area contributed by atoms with Crippen LogP contribution in [0.2, 0.25) is 0 Å². The first-order valence-corrected chi connectivity index (χ1v) is 3.76. The molecule has 0 aliphatic carbocycles. The van der Waals surface area contributed by atoms with Gasteiger partial charge in [-0.2, -0.15) is 9.83 Å². The van der Waals surface area contributed by atoms with Crippen LogP contribution in [0.25, 0.3) is 5.70 Å². The fourth-order valence-corrected chi connectivity index (χ4v) is 0.960. The number of hydrogen-bond acceptors (Lipinski definition) is 3. The van der Waals surface area contributed by atoms with Crippen molar-refractivity contribution >= 4 is 18.3 Å². The van der Waals surface area contributed by atoms with E-state index >= 15 is 0 Å². The minimum atomic E-state index is 0.216. The van der Waals surface area contributed by atoms with Gasteiger partial charge in [-0.3, -0.25) is 0 Å². The number of nitrogens with zero attached hydrogens (tertiary/aromatic N) is 2. The van der Waals surface area contributed by atoms with E-state index in [9.17, 15) is 0 Å². The molecule has 1 rings (SSSR count). The zero-order chi connectivity index (χ0) is 8.97. The highest BCUT2D eigenvalue weighted by atomic mass is 32.1. The Morgan fingerprint density at radius 1 is 1.33 bits per heavy atom. The van der Waals surface area contributed by atoms with Crippen molar-refractivity contribution in [1.82, 2.24) is 0 Å². The summed E-state index contributed by atoms with van der Waals surface area (Å²) in [5, 5.41) is 8.91. The SMILES string of the molecule is N#CC(=C(N)S)[n+]1ccccc1. The van der Waals surface area contributed by atoms with Gasteiger partial charge in [-0.25, -0.2) is 0 Å². The van der Waals surface area contributed by atoms with Crippen molar-refractivity contribution in [1.29, 1.82) is 5.26 Å². The molecular weight excluding hydrogens is 170 g/mol. The van der Waals surface area contributed by atoms with Crippen molar-refractivity contribution in [3.8, 4) is 6.07 Å². The Hall–Kier alpha value is -1.47. The highest BCUT2D eigenvalue weighted by Gasteiger charge is 2.10. The summed E-state index contributed by atoms with van der Waals surface area (Å²) >= 11 is 3.90. The quantitative estimate of drug-likeness (QED) is 0.374. The fourth-order valence-electron chi connectivity index (χ4n) is 0.795. The van der Waals surface area contributed by atoms with E-state index in [4.69, 9.17) is 11.0 Å². The maximum absolute atomic E-state index is 8.69. The van der Waals surface area contributed by atoms with Gasteiger partial charge < -0.3 is 5.73 Å². The number of hydrogen-bond donors (Lipinski definition) is 2. The first-order valence-electron chi connectivity index (χ1n) is 3.31. The molecule has 1 aromatic heterocycles. The number of pyridine rings is 1. The average Bonchev–Trinajstić information content (AvgIpc) is 2.07. The third-order valence-electron chi connectivity index (χ3n) is 1.32. The molecule has 0 radical (unpaired) electrons. The van der Waals surface area contributed by atoms with Crippen LogP contribution in [0.3, 0.4) is 0 Å². The lowest BCUT2D eigenvalue weighted by molar-refractivity contribution is -0.577. The second-order valence-electron chi connectivity index (χ2n) is 2.13. The summed E-state index contributed by atoms with van der Waals surface area (Å²) in [7, 11) is 0. The molecule has 4 heteroatoms. The molecule has 60 valence electrons. The normalized spacial score (nSPS) is 11.7. The van der Waals surface area contributed by atoms with Crippen LogP contribution in [0, 0.1) is 11.3 Å². The molecule has 1 aromatic rings. The van der Waals surface area contributed by atoms with Crippen molar-refractivity contribution in [2.45, 2.75) is 0 Å². The van der Waals surface area contributed by atoms with Gasteiger partial charge in [0.05, 0.1) is 0 Å². The molecule has 12 heavy (non-hydrogen) atoms. The van der Waals surface area contributed by atoms with Crippen LogP contribution in [0.5, 0.6) is 0 Å². The minimum Gasteiger partial charge on any atom is -0.388 e. The number of thiol groups is 1. The summed E-state index contributed by atoms with van der Waals surface area (Å²) in [6, 6.07) is 7.45.